The summed E-state index contributed by atoms with van der Waals surface area (Å²) in [7, 11) is 0. The molecular formula is C15H23NO4. The monoisotopic (exact) mass is 281 g/mol. The summed E-state index contributed by atoms with van der Waals surface area (Å²) in [5.41, 5.74) is 0.658. The first kappa shape index (κ1) is 16.5. The molecule has 1 atom stereocenters. The Bertz CT molecular complexity index is 400. The summed E-state index contributed by atoms with van der Waals surface area (Å²) in [6.45, 7) is 5.87. The van der Waals surface area contributed by atoms with Crippen LogP contribution in [0.1, 0.15) is 26.3 Å². The number of rotatable bonds is 6. The molecule has 20 heavy (non-hydrogen) atoms. The van der Waals surface area contributed by atoms with Gasteiger partial charge in [-0.25, -0.2) is 4.79 Å². The first-order valence-corrected chi connectivity index (χ1v) is 6.62. The molecule has 0 heterocycles. The smallest absolute Gasteiger partial charge is 0.407 e. The summed E-state index contributed by atoms with van der Waals surface area (Å²) in [5.74, 6) is 0. The van der Waals surface area contributed by atoms with Crippen LogP contribution < -0.4 is 5.32 Å². The van der Waals surface area contributed by atoms with Gasteiger partial charge in [0.25, 0.3) is 0 Å². The maximum absolute atomic E-state index is 11.6. The van der Waals surface area contributed by atoms with E-state index < -0.39 is 12.2 Å². The minimum atomic E-state index is -0.666. The highest BCUT2D eigenvalue weighted by Gasteiger charge is 2.18. The fourth-order valence-electron chi connectivity index (χ4n) is 1.49. The predicted octanol–water partition coefficient (Wildman–Crippen LogP) is 2.09. The SMILES string of the molecule is CC(C)(C)NC(=O)O[C@@H](CO)COCc1ccccc1. The highest BCUT2D eigenvalue weighted by molar-refractivity contribution is 5.68. The third-order valence-corrected chi connectivity index (χ3v) is 2.37. The van der Waals surface area contributed by atoms with Crippen LogP contribution in [0.2, 0.25) is 0 Å². The zero-order valence-corrected chi connectivity index (χ0v) is 12.3. The molecule has 112 valence electrons. The van der Waals surface area contributed by atoms with E-state index in [0.29, 0.717) is 6.61 Å². The van der Waals surface area contributed by atoms with Gasteiger partial charge >= 0.3 is 6.09 Å². The summed E-state index contributed by atoms with van der Waals surface area (Å²) < 4.78 is 10.5. The lowest BCUT2D eigenvalue weighted by atomic mass is 10.1. The van der Waals surface area contributed by atoms with Gasteiger partial charge in [-0.15, -0.1) is 0 Å². The Balaban J connectivity index is 2.31. The molecule has 1 amide bonds. The molecule has 1 rings (SSSR count). The van der Waals surface area contributed by atoms with E-state index in [-0.39, 0.29) is 18.8 Å². The van der Waals surface area contributed by atoms with E-state index >= 15 is 0 Å². The Morgan fingerprint density at radius 3 is 2.50 bits per heavy atom. The lowest BCUT2D eigenvalue weighted by Gasteiger charge is -2.22. The van der Waals surface area contributed by atoms with Crippen molar-refractivity contribution in [2.24, 2.45) is 0 Å². The molecule has 0 aliphatic rings. The van der Waals surface area contributed by atoms with Gasteiger partial charge in [0.05, 0.1) is 19.8 Å². The van der Waals surface area contributed by atoms with Crippen LogP contribution in [0.15, 0.2) is 30.3 Å². The molecule has 0 aliphatic heterocycles. The molecule has 0 saturated carbocycles. The molecule has 0 fully saturated rings. The molecule has 1 aromatic carbocycles. The average molecular weight is 281 g/mol. The number of carbonyl (C=O) groups excluding carboxylic acids is 1. The molecule has 0 aliphatic carbocycles. The third kappa shape index (κ3) is 7.11. The zero-order valence-electron chi connectivity index (χ0n) is 12.3. The van der Waals surface area contributed by atoms with Crippen LogP contribution in [0.25, 0.3) is 0 Å². The van der Waals surface area contributed by atoms with Gasteiger partial charge in [0.2, 0.25) is 0 Å². The van der Waals surface area contributed by atoms with Gasteiger partial charge in [0, 0.05) is 5.54 Å². The van der Waals surface area contributed by atoms with Crippen molar-refractivity contribution < 1.29 is 19.4 Å². The average Bonchev–Trinajstić information content (AvgIpc) is 2.36. The number of ether oxygens (including phenoxy) is 2. The maximum atomic E-state index is 11.6. The second-order valence-corrected chi connectivity index (χ2v) is 5.59. The van der Waals surface area contributed by atoms with E-state index in [2.05, 4.69) is 5.32 Å². The molecule has 5 heteroatoms. The Morgan fingerprint density at radius 2 is 1.95 bits per heavy atom. The normalized spacial score (nSPS) is 12.8. The number of hydrogen-bond acceptors (Lipinski definition) is 4. The highest BCUT2D eigenvalue weighted by Crippen LogP contribution is 2.04. The van der Waals surface area contributed by atoms with Crippen molar-refractivity contribution in [1.82, 2.24) is 5.32 Å². The highest BCUT2D eigenvalue weighted by atomic mass is 16.6. The van der Waals surface area contributed by atoms with Gasteiger partial charge in [-0.2, -0.15) is 0 Å². The van der Waals surface area contributed by atoms with Crippen molar-refractivity contribution in [2.45, 2.75) is 39.0 Å². The van der Waals surface area contributed by atoms with E-state index in [1.165, 1.54) is 0 Å². The maximum Gasteiger partial charge on any atom is 0.407 e. The lowest BCUT2D eigenvalue weighted by Crippen LogP contribution is -2.43. The number of carbonyl (C=O) groups is 1. The quantitative estimate of drug-likeness (QED) is 0.838. The molecule has 0 radical (unpaired) electrons. The molecule has 2 N–H and O–H groups in total. The number of aliphatic hydroxyl groups excluding tert-OH is 1. The Hall–Kier alpha value is -1.59. The van der Waals surface area contributed by atoms with Crippen molar-refractivity contribution in [1.29, 1.82) is 0 Å². The number of alkyl carbamates (subject to hydrolysis) is 1. The summed E-state index contributed by atoms with van der Waals surface area (Å²) in [4.78, 5) is 11.6. The summed E-state index contributed by atoms with van der Waals surface area (Å²) in [5, 5.41) is 11.8. The van der Waals surface area contributed by atoms with E-state index in [1.54, 1.807) is 0 Å². The first-order valence-electron chi connectivity index (χ1n) is 6.62. The molecular weight excluding hydrogens is 258 g/mol. The van der Waals surface area contributed by atoms with Crippen LogP contribution in [-0.4, -0.2) is 36.1 Å². The standard InChI is InChI=1S/C15H23NO4/c1-15(2,3)16-14(18)20-13(9-17)11-19-10-12-7-5-4-6-8-12/h4-8,13,17H,9-11H2,1-3H3,(H,16,18)/t13-/m0/s1. The molecule has 0 spiro atoms. The van der Waals surface area contributed by atoms with Gasteiger partial charge in [0.15, 0.2) is 0 Å². The van der Waals surface area contributed by atoms with Crippen LogP contribution in [-0.2, 0) is 16.1 Å². The summed E-state index contributed by atoms with van der Waals surface area (Å²) in [6.07, 6.45) is -1.22. The van der Waals surface area contributed by atoms with Crippen molar-refractivity contribution in [3.63, 3.8) is 0 Å². The lowest BCUT2D eigenvalue weighted by molar-refractivity contribution is -0.0136. The van der Waals surface area contributed by atoms with Gasteiger partial charge in [-0.05, 0) is 26.3 Å². The molecule has 1 aromatic rings. The van der Waals surface area contributed by atoms with Crippen LogP contribution in [0, 0.1) is 0 Å². The van der Waals surface area contributed by atoms with Crippen molar-refractivity contribution in [3.8, 4) is 0 Å². The topological polar surface area (TPSA) is 67.8 Å². The van der Waals surface area contributed by atoms with E-state index in [9.17, 15) is 9.90 Å². The largest absolute Gasteiger partial charge is 0.441 e. The Labute approximate surface area is 119 Å². The van der Waals surface area contributed by atoms with Gasteiger partial charge in [-0.1, -0.05) is 30.3 Å². The van der Waals surface area contributed by atoms with Gasteiger partial charge in [0.1, 0.15) is 6.10 Å². The summed E-state index contributed by atoms with van der Waals surface area (Å²) in [6, 6.07) is 9.67. The van der Waals surface area contributed by atoms with E-state index in [1.807, 2.05) is 51.1 Å². The predicted molar refractivity (Wildman–Crippen MR) is 76.3 cm³/mol. The van der Waals surface area contributed by atoms with Crippen molar-refractivity contribution in [3.05, 3.63) is 35.9 Å². The minimum absolute atomic E-state index is 0.156. The van der Waals surface area contributed by atoms with Crippen molar-refractivity contribution in [2.75, 3.05) is 13.2 Å². The fourth-order valence-corrected chi connectivity index (χ4v) is 1.49. The zero-order chi connectivity index (χ0) is 15.0. The van der Waals surface area contributed by atoms with Crippen LogP contribution in [0.5, 0.6) is 0 Å². The third-order valence-electron chi connectivity index (χ3n) is 2.37. The van der Waals surface area contributed by atoms with Crippen LogP contribution in [0.4, 0.5) is 4.79 Å². The molecule has 0 saturated heterocycles. The number of benzene rings is 1. The van der Waals surface area contributed by atoms with Gasteiger partial charge < -0.3 is 19.9 Å². The van der Waals surface area contributed by atoms with E-state index in [0.717, 1.165) is 5.56 Å². The van der Waals surface area contributed by atoms with E-state index in [4.69, 9.17) is 9.47 Å². The molecule has 0 aromatic heterocycles. The number of amides is 1. The second kappa shape index (κ2) is 7.87. The molecule has 0 bridgehead atoms. The van der Waals surface area contributed by atoms with Gasteiger partial charge in [-0.3, -0.25) is 0 Å². The minimum Gasteiger partial charge on any atom is -0.441 e. The number of aliphatic hydroxyl groups is 1. The fraction of sp³-hybridized carbons (Fsp3) is 0.533. The summed E-state index contributed by atoms with van der Waals surface area (Å²) >= 11 is 0. The molecule has 0 unspecified atom stereocenters. The first-order chi connectivity index (χ1) is 9.40. The van der Waals surface area contributed by atoms with Crippen LogP contribution in [0.3, 0.4) is 0 Å². The van der Waals surface area contributed by atoms with Crippen molar-refractivity contribution >= 4 is 6.09 Å². The number of nitrogens with one attached hydrogen (secondary N) is 1. The Kier molecular flexibility index (Phi) is 6.48. The molecule has 5 nitrogen and oxygen atoms in total. The van der Waals surface area contributed by atoms with Crippen LogP contribution >= 0.6 is 0 Å². The Morgan fingerprint density at radius 1 is 1.30 bits per heavy atom. The second-order valence-electron chi connectivity index (χ2n) is 5.59. The number of hydrogen-bond donors (Lipinski definition) is 2.